The minimum absolute atomic E-state index is 0.0432. The lowest BCUT2D eigenvalue weighted by molar-refractivity contribution is -0.154. The Morgan fingerprint density at radius 2 is 0.955 bits per heavy atom. The van der Waals surface area contributed by atoms with Crippen molar-refractivity contribution >= 4 is 41.4 Å². The SMILES string of the molecule is COCCOCCOCCOCCOCCOCCOCCOCCOCCOCCOCCOc1ccc(C[C@H](NC(=O)CC(C)(C)CC(=O)O)C(=O)C[C@H](C(=O)N[C@@H](CCCNC(N)=O)C(=O)Cc2ccc(COC(=O)C(C)(C)C)cc2)C(C)C)cc1. The van der Waals surface area contributed by atoms with Gasteiger partial charge in [0.1, 0.15) is 19.0 Å². The van der Waals surface area contributed by atoms with Gasteiger partial charge >= 0.3 is 18.0 Å². The minimum Gasteiger partial charge on any atom is -0.491 e. The number of ether oxygens (including phenoxy) is 13. The number of carboxylic acid groups (broad SMARTS) is 1. The first kappa shape index (κ1) is 79.4. The van der Waals surface area contributed by atoms with E-state index in [1.807, 2.05) is 0 Å². The third-order valence-electron chi connectivity index (χ3n) is 13.3. The largest absolute Gasteiger partial charge is 0.491 e. The van der Waals surface area contributed by atoms with Crippen LogP contribution in [0.15, 0.2) is 48.5 Å². The van der Waals surface area contributed by atoms with Crippen LogP contribution >= 0.6 is 0 Å². The van der Waals surface area contributed by atoms with E-state index < -0.39 is 58.4 Å². The number of amides is 4. The molecule has 25 heteroatoms. The molecule has 3 atom stereocenters. The van der Waals surface area contributed by atoms with Crippen molar-refractivity contribution in [1.82, 2.24) is 16.0 Å². The van der Waals surface area contributed by atoms with Gasteiger partial charge in [-0.3, -0.25) is 28.8 Å². The summed E-state index contributed by atoms with van der Waals surface area (Å²) in [4.78, 5) is 91.2. The number of nitrogens with one attached hydrogen (secondary N) is 3. The molecule has 0 unspecified atom stereocenters. The van der Waals surface area contributed by atoms with Crippen LogP contribution in [0.4, 0.5) is 4.79 Å². The molecule has 0 aromatic heterocycles. The van der Waals surface area contributed by atoms with Crippen molar-refractivity contribution in [3.05, 3.63) is 65.2 Å². The molecule has 0 saturated carbocycles. The Labute approximate surface area is 526 Å². The van der Waals surface area contributed by atoms with E-state index in [0.29, 0.717) is 162 Å². The van der Waals surface area contributed by atoms with Gasteiger partial charge in [-0.2, -0.15) is 0 Å². The maximum Gasteiger partial charge on any atom is 0.312 e. The molecule has 4 amide bonds. The Morgan fingerprint density at radius 1 is 0.528 bits per heavy atom. The first-order valence-electron chi connectivity index (χ1n) is 30.7. The number of carbonyl (C=O) groups is 7. The number of hydrogen-bond donors (Lipinski definition) is 5. The molecule has 0 radical (unpaired) electrons. The van der Waals surface area contributed by atoms with Gasteiger partial charge in [-0.05, 0) is 80.2 Å². The van der Waals surface area contributed by atoms with E-state index in [-0.39, 0.29) is 76.0 Å². The number of carboxylic acids is 1. The second-order valence-electron chi connectivity index (χ2n) is 23.1. The zero-order chi connectivity index (χ0) is 65.6. The molecule has 0 aliphatic heterocycles. The molecule has 0 bridgehead atoms. The Bertz CT molecular complexity index is 2260. The number of ketones is 2. The third kappa shape index (κ3) is 41.3. The highest BCUT2D eigenvalue weighted by atomic mass is 16.6. The lowest BCUT2D eigenvalue weighted by Gasteiger charge is -2.27. The topological polar surface area (TPSA) is 322 Å². The normalized spacial score (nSPS) is 12.7. The summed E-state index contributed by atoms with van der Waals surface area (Å²) in [5.74, 6) is -3.97. The van der Waals surface area contributed by atoms with Crippen LogP contribution in [0.5, 0.6) is 5.75 Å². The van der Waals surface area contributed by atoms with E-state index >= 15 is 0 Å². The monoisotopic (exact) mass is 1260 g/mol. The summed E-state index contributed by atoms with van der Waals surface area (Å²) in [5.41, 5.74) is 5.75. The van der Waals surface area contributed by atoms with E-state index in [9.17, 15) is 38.7 Å². The fourth-order valence-corrected chi connectivity index (χ4v) is 8.34. The highest BCUT2D eigenvalue weighted by Crippen LogP contribution is 2.26. The number of urea groups is 1. The third-order valence-corrected chi connectivity index (χ3v) is 13.3. The van der Waals surface area contributed by atoms with Gasteiger partial charge in [-0.25, -0.2) is 4.79 Å². The maximum atomic E-state index is 14.4. The standard InChI is InChI=1S/C64H104N4O21/c1-48(2)53(60(74)68-54(10-9-19-66-62(65)76)56(69)43-50-11-13-51(14-12-50)47-89-61(75)63(3,4)5)44-57(70)55(67-58(71)45-64(6,7)46-59(72)73)42-49-15-17-52(18-16-49)88-41-40-87-39-38-86-37-36-85-35-34-84-33-32-83-31-30-82-29-28-81-27-26-80-25-24-79-23-22-78-21-20-77-8/h11-18,48,53-55H,9-10,19-47H2,1-8H3,(H,67,71)(H,68,74)(H,72,73)(H3,65,66,76)/t53-,54-,55-/m0/s1. The summed E-state index contributed by atoms with van der Waals surface area (Å²) in [7, 11) is 1.63. The molecule has 0 aliphatic rings. The molecule has 0 fully saturated rings. The lowest BCUT2D eigenvalue weighted by Crippen LogP contribution is -2.48. The van der Waals surface area contributed by atoms with Gasteiger partial charge in [0.2, 0.25) is 11.8 Å². The summed E-state index contributed by atoms with van der Waals surface area (Å²) in [6, 6.07) is 11.2. The molecule has 6 N–H and O–H groups in total. The average molecular weight is 1270 g/mol. The number of nitrogens with two attached hydrogens (primary N) is 1. The van der Waals surface area contributed by atoms with Crippen LogP contribution in [0, 0.1) is 22.7 Å². The van der Waals surface area contributed by atoms with Crippen molar-refractivity contribution in [2.45, 2.75) is 112 Å². The van der Waals surface area contributed by atoms with Gasteiger partial charge in [-0.15, -0.1) is 0 Å². The summed E-state index contributed by atoms with van der Waals surface area (Å²) < 4.78 is 71.2. The number of rotatable bonds is 56. The molecule has 506 valence electrons. The number of primary amides is 1. The Morgan fingerprint density at radius 3 is 1.37 bits per heavy atom. The quantitative estimate of drug-likeness (QED) is 0.0436. The van der Waals surface area contributed by atoms with Crippen molar-refractivity contribution < 1.29 is 100 Å². The summed E-state index contributed by atoms with van der Waals surface area (Å²) >= 11 is 0. The van der Waals surface area contributed by atoms with Gasteiger partial charge in [0.15, 0.2) is 11.6 Å². The number of carbonyl (C=O) groups excluding carboxylic acids is 6. The zero-order valence-corrected chi connectivity index (χ0v) is 54.0. The molecule has 0 heterocycles. The molecule has 25 nitrogen and oxygen atoms in total. The van der Waals surface area contributed by atoms with Crippen molar-refractivity contribution in [3.63, 3.8) is 0 Å². The van der Waals surface area contributed by atoms with E-state index in [4.69, 9.17) is 67.3 Å². The number of benzene rings is 2. The van der Waals surface area contributed by atoms with E-state index in [1.165, 1.54) is 0 Å². The molecular formula is C64H104N4O21. The van der Waals surface area contributed by atoms with Crippen LogP contribution in [0.25, 0.3) is 0 Å². The van der Waals surface area contributed by atoms with Crippen molar-refractivity contribution in [1.29, 1.82) is 0 Å². The first-order valence-corrected chi connectivity index (χ1v) is 30.7. The van der Waals surface area contributed by atoms with E-state index in [2.05, 4.69) is 16.0 Å². The van der Waals surface area contributed by atoms with Crippen LogP contribution < -0.4 is 26.4 Å². The van der Waals surface area contributed by atoms with Gasteiger partial charge in [0.25, 0.3) is 0 Å². The highest BCUT2D eigenvalue weighted by molar-refractivity contribution is 5.95. The summed E-state index contributed by atoms with van der Waals surface area (Å²) in [6.45, 7) is 22.2. The fourth-order valence-electron chi connectivity index (χ4n) is 8.34. The minimum atomic E-state index is -1.09. The summed E-state index contributed by atoms with van der Waals surface area (Å²) in [6.07, 6.45) is -0.259. The molecule has 0 saturated heterocycles. The average Bonchev–Trinajstić information content (AvgIpc) is 3.35. The molecular weight excluding hydrogens is 1160 g/mol. The molecule has 2 aromatic carbocycles. The van der Waals surface area contributed by atoms with Gasteiger partial charge in [0, 0.05) is 38.8 Å². The van der Waals surface area contributed by atoms with Crippen LogP contribution in [0.3, 0.4) is 0 Å². The fraction of sp³-hybridized carbons (Fsp3) is 0.703. The second kappa shape index (κ2) is 48.1. The first-order chi connectivity index (χ1) is 42.6. The predicted octanol–water partition coefficient (Wildman–Crippen LogP) is 4.86. The van der Waals surface area contributed by atoms with Crippen LogP contribution in [0.1, 0.15) is 97.3 Å². The lowest BCUT2D eigenvalue weighted by atomic mass is 9.84. The molecule has 2 rings (SSSR count). The van der Waals surface area contributed by atoms with Crippen molar-refractivity contribution in [2.24, 2.45) is 28.4 Å². The maximum absolute atomic E-state index is 14.4. The Hall–Kier alpha value is -5.71. The van der Waals surface area contributed by atoms with Crippen molar-refractivity contribution in [2.75, 3.05) is 159 Å². The molecule has 0 aliphatic carbocycles. The van der Waals surface area contributed by atoms with Gasteiger partial charge < -0.3 is 88.4 Å². The van der Waals surface area contributed by atoms with E-state index in [1.54, 1.807) is 104 Å². The number of Topliss-reactive ketones (excluding diaryl/α,β-unsaturated/α-hetero) is 2. The van der Waals surface area contributed by atoms with Crippen LogP contribution in [-0.4, -0.2) is 218 Å². The van der Waals surface area contributed by atoms with Crippen LogP contribution in [0.2, 0.25) is 0 Å². The number of esters is 1. The van der Waals surface area contributed by atoms with Crippen molar-refractivity contribution in [3.8, 4) is 5.75 Å². The van der Waals surface area contributed by atoms with Crippen LogP contribution in [-0.2, 0) is 105 Å². The Kier molecular flexibility index (Phi) is 42.9. The van der Waals surface area contributed by atoms with E-state index in [0.717, 1.165) is 5.56 Å². The smallest absolute Gasteiger partial charge is 0.312 e. The predicted molar refractivity (Wildman–Crippen MR) is 329 cm³/mol. The second-order valence-corrected chi connectivity index (χ2v) is 23.1. The number of methoxy groups -OCH3 is 1. The summed E-state index contributed by atoms with van der Waals surface area (Å²) in [5, 5.41) is 17.7. The van der Waals surface area contributed by atoms with Gasteiger partial charge in [-0.1, -0.05) is 64.1 Å². The zero-order valence-electron chi connectivity index (χ0n) is 54.0. The van der Waals surface area contributed by atoms with Gasteiger partial charge in [0.05, 0.1) is 163 Å². The molecule has 89 heavy (non-hydrogen) atoms. The number of aliphatic carboxylic acids is 1. The molecule has 0 spiro atoms. The number of hydrogen-bond acceptors (Lipinski definition) is 20. The molecule has 2 aromatic rings. The highest BCUT2D eigenvalue weighted by Gasteiger charge is 2.34. The Balaban J connectivity index is 1.77.